The smallest absolute Gasteiger partial charge is 0.243 e. The number of hydrogen-bond acceptors (Lipinski definition) is 4. The van der Waals surface area contributed by atoms with Gasteiger partial charge in [0.25, 0.3) is 0 Å². The highest BCUT2D eigenvalue weighted by molar-refractivity contribution is 5.43. The van der Waals surface area contributed by atoms with Gasteiger partial charge in [-0.1, -0.05) is 13.8 Å². The van der Waals surface area contributed by atoms with Gasteiger partial charge in [-0.25, -0.2) is 8.91 Å². The van der Waals surface area contributed by atoms with Crippen molar-refractivity contribution in [1.29, 1.82) is 0 Å². The predicted octanol–water partition coefficient (Wildman–Crippen LogP) is 3.02. The first-order valence-electron chi connectivity index (χ1n) is 7.56. The van der Waals surface area contributed by atoms with Gasteiger partial charge in [-0.05, 0) is 37.8 Å². The Kier molecular flexibility index (Phi) is 3.80. The molecule has 0 aliphatic carbocycles. The molecule has 114 valence electrons. The second-order valence-corrected chi connectivity index (χ2v) is 5.66. The Morgan fingerprint density at radius 2 is 2.24 bits per heavy atom. The maximum Gasteiger partial charge on any atom is 0.243 e. The van der Waals surface area contributed by atoms with Crippen molar-refractivity contribution in [3.63, 3.8) is 0 Å². The molecule has 0 spiro atoms. The number of halogens is 1. The summed E-state index contributed by atoms with van der Waals surface area (Å²) in [5.74, 6) is 0.231. The monoisotopic (exact) mass is 292 g/mol. The number of nitrogens with one attached hydrogen (secondary N) is 1. The van der Waals surface area contributed by atoms with Crippen molar-refractivity contribution in [3.05, 3.63) is 24.1 Å². The number of anilines is 1. The normalized spacial score (nSPS) is 21.6. The highest BCUT2D eigenvalue weighted by atomic mass is 19.1. The van der Waals surface area contributed by atoms with Crippen LogP contribution >= 0.6 is 0 Å². The van der Waals surface area contributed by atoms with E-state index in [0.717, 1.165) is 32.3 Å². The molecule has 1 N–H and O–H groups in total. The fourth-order valence-corrected chi connectivity index (χ4v) is 3.00. The first kappa shape index (κ1) is 14.3. The van der Waals surface area contributed by atoms with Crippen molar-refractivity contribution in [2.45, 2.75) is 51.2 Å². The van der Waals surface area contributed by atoms with E-state index in [-0.39, 0.29) is 11.4 Å². The number of ether oxygens (including phenoxy) is 1. The maximum absolute atomic E-state index is 13.2. The third-order valence-corrected chi connectivity index (χ3v) is 4.41. The first-order valence-corrected chi connectivity index (χ1v) is 7.56. The van der Waals surface area contributed by atoms with E-state index >= 15 is 0 Å². The van der Waals surface area contributed by atoms with Gasteiger partial charge in [-0.2, -0.15) is 4.98 Å². The van der Waals surface area contributed by atoms with Gasteiger partial charge in [0.05, 0.1) is 11.8 Å². The van der Waals surface area contributed by atoms with E-state index in [1.807, 2.05) is 0 Å². The van der Waals surface area contributed by atoms with Crippen molar-refractivity contribution < 1.29 is 9.13 Å². The van der Waals surface area contributed by atoms with Gasteiger partial charge in [0.1, 0.15) is 5.82 Å². The molecule has 1 atom stereocenters. The summed E-state index contributed by atoms with van der Waals surface area (Å²) < 4.78 is 20.6. The van der Waals surface area contributed by atoms with Gasteiger partial charge in [-0.3, -0.25) is 0 Å². The number of aromatic nitrogens is 3. The van der Waals surface area contributed by atoms with Crippen LogP contribution in [0.15, 0.2) is 18.3 Å². The second-order valence-electron chi connectivity index (χ2n) is 5.66. The van der Waals surface area contributed by atoms with Crippen molar-refractivity contribution >= 4 is 11.6 Å². The van der Waals surface area contributed by atoms with Crippen molar-refractivity contribution in [1.82, 2.24) is 14.6 Å². The highest BCUT2D eigenvalue weighted by Crippen LogP contribution is 2.32. The quantitative estimate of drug-likeness (QED) is 0.941. The van der Waals surface area contributed by atoms with Crippen LogP contribution in [0.3, 0.4) is 0 Å². The van der Waals surface area contributed by atoms with E-state index in [1.165, 1.54) is 16.8 Å². The molecule has 6 heteroatoms. The van der Waals surface area contributed by atoms with Crippen molar-refractivity contribution in [3.8, 4) is 0 Å². The summed E-state index contributed by atoms with van der Waals surface area (Å²) in [7, 11) is 0. The Morgan fingerprint density at radius 1 is 1.43 bits per heavy atom. The van der Waals surface area contributed by atoms with E-state index < -0.39 is 0 Å². The van der Waals surface area contributed by atoms with Crippen LogP contribution in [0, 0.1) is 5.82 Å². The Labute approximate surface area is 123 Å². The van der Waals surface area contributed by atoms with Gasteiger partial charge >= 0.3 is 0 Å². The van der Waals surface area contributed by atoms with Crippen LogP contribution in [-0.2, 0) is 4.74 Å². The molecule has 0 amide bonds. The highest BCUT2D eigenvalue weighted by Gasteiger charge is 2.34. The summed E-state index contributed by atoms with van der Waals surface area (Å²) in [4.78, 5) is 4.38. The predicted molar refractivity (Wildman–Crippen MR) is 78.9 cm³/mol. The number of fused-ring (bicyclic) bond motifs is 1. The molecule has 1 aliphatic rings. The number of hydrogen-bond donors (Lipinski definition) is 1. The fourth-order valence-electron chi connectivity index (χ4n) is 3.00. The zero-order valence-corrected chi connectivity index (χ0v) is 12.5. The van der Waals surface area contributed by atoms with Crippen LogP contribution in [0.25, 0.3) is 5.65 Å². The lowest BCUT2D eigenvalue weighted by Gasteiger charge is -2.40. The Bertz CT molecular complexity index is 623. The zero-order chi connectivity index (χ0) is 14.9. The van der Waals surface area contributed by atoms with Gasteiger partial charge in [0.15, 0.2) is 5.65 Å². The minimum Gasteiger partial charge on any atom is -0.375 e. The van der Waals surface area contributed by atoms with Crippen LogP contribution in [0.2, 0.25) is 0 Å². The lowest BCUT2D eigenvalue weighted by Crippen LogP contribution is -2.43. The Morgan fingerprint density at radius 3 is 3.00 bits per heavy atom. The molecule has 0 aromatic carbocycles. The molecule has 3 rings (SSSR count). The minimum absolute atomic E-state index is 0.0405. The third kappa shape index (κ3) is 2.85. The summed E-state index contributed by atoms with van der Waals surface area (Å²) in [6.07, 6.45) is 5.23. The minimum atomic E-state index is -0.319. The van der Waals surface area contributed by atoms with Crippen LogP contribution in [0.4, 0.5) is 10.3 Å². The molecule has 0 radical (unpaired) electrons. The summed E-state index contributed by atoms with van der Waals surface area (Å²) in [5, 5.41) is 7.65. The van der Waals surface area contributed by atoms with Crippen LogP contribution in [-0.4, -0.2) is 32.8 Å². The van der Waals surface area contributed by atoms with Crippen molar-refractivity contribution in [2.75, 3.05) is 11.9 Å². The molecule has 0 saturated carbocycles. The molecule has 2 aromatic rings. The van der Waals surface area contributed by atoms with E-state index in [2.05, 4.69) is 29.2 Å². The molecule has 1 saturated heterocycles. The summed E-state index contributed by atoms with van der Waals surface area (Å²) in [6, 6.07) is 3.31. The summed E-state index contributed by atoms with van der Waals surface area (Å²) in [6.45, 7) is 5.08. The average Bonchev–Trinajstić information content (AvgIpc) is 2.88. The van der Waals surface area contributed by atoms with Crippen LogP contribution < -0.4 is 5.32 Å². The standard InChI is InChI=1S/C15H21FN4O/c1-3-15(4-2)9-12(7-8-21-15)17-14-18-13-6-5-11(16)10-20(13)19-14/h5-6,10,12H,3-4,7-9H2,1-2H3,(H,17,19). The molecule has 2 aromatic heterocycles. The summed E-state index contributed by atoms with van der Waals surface area (Å²) >= 11 is 0. The third-order valence-electron chi connectivity index (χ3n) is 4.41. The largest absolute Gasteiger partial charge is 0.375 e. The molecule has 1 unspecified atom stereocenters. The van der Waals surface area contributed by atoms with Gasteiger partial charge in [0, 0.05) is 12.6 Å². The number of rotatable bonds is 4. The lowest BCUT2D eigenvalue weighted by molar-refractivity contribution is -0.0865. The van der Waals surface area contributed by atoms with Crippen LogP contribution in [0.5, 0.6) is 0 Å². The van der Waals surface area contributed by atoms with Gasteiger partial charge < -0.3 is 10.1 Å². The molecule has 1 fully saturated rings. The fraction of sp³-hybridized carbons (Fsp3) is 0.600. The van der Waals surface area contributed by atoms with E-state index in [0.29, 0.717) is 17.6 Å². The van der Waals surface area contributed by atoms with E-state index in [1.54, 1.807) is 6.07 Å². The first-order chi connectivity index (χ1) is 10.1. The van der Waals surface area contributed by atoms with E-state index in [4.69, 9.17) is 4.74 Å². The molecule has 0 bridgehead atoms. The SMILES string of the molecule is CCC1(CC)CC(Nc2nc3ccc(F)cn3n2)CCO1. The van der Waals surface area contributed by atoms with Crippen molar-refractivity contribution in [2.24, 2.45) is 0 Å². The number of nitrogens with zero attached hydrogens (tertiary/aromatic N) is 3. The Hall–Kier alpha value is -1.69. The lowest BCUT2D eigenvalue weighted by atomic mass is 9.86. The molecule has 3 heterocycles. The zero-order valence-electron chi connectivity index (χ0n) is 12.5. The number of pyridine rings is 1. The van der Waals surface area contributed by atoms with Gasteiger partial charge in [0.2, 0.25) is 5.95 Å². The van der Waals surface area contributed by atoms with Gasteiger partial charge in [-0.15, -0.1) is 5.10 Å². The topological polar surface area (TPSA) is 51.5 Å². The Balaban J connectivity index is 1.75. The summed E-state index contributed by atoms with van der Waals surface area (Å²) in [5.41, 5.74) is 0.601. The molecular formula is C15H21FN4O. The molecule has 5 nitrogen and oxygen atoms in total. The molecular weight excluding hydrogens is 271 g/mol. The maximum atomic E-state index is 13.2. The van der Waals surface area contributed by atoms with Crippen LogP contribution in [0.1, 0.15) is 39.5 Å². The molecule has 1 aliphatic heterocycles. The molecule has 21 heavy (non-hydrogen) atoms. The average molecular weight is 292 g/mol. The second kappa shape index (κ2) is 5.60. The van der Waals surface area contributed by atoms with E-state index in [9.17, 15) is 4.39 Å².